The first kappa shape index (κ1) is 23.3. The van der Waals surface area contributed by atoms with Gasteiger partial charge in [0.25, 0.3) is 0 Å². The number of benzene rings is 1. The van der Waals surface area contributed by atoms with Gasteiger partial charge in [-0.3, -0.25) is 14.6 Å². The molecule has 0 radical (unpaired) electrons. The van der Waals surface area contributed by atoms with Gasteiger partial charge < -0.3 is 15.7 Å². The number of hydrogen-bond donors (Lipinski definition) is 2. The molecule has 2 bridgehead atoms. The van der Waals surface area contributed by atoms with Crippen molar-refractivity contribution in [1.82, 2.24) is 24.5 Å². The first-order valence-corrected chi connectivity index (χ1v) is 12.6. The van der Waals surface area contributed by atoms with Gasteiger partial charge >= 0.3 is 0 Å². The summed E-state index contributed by atoms with van der Waals surface area (Å²) in [5, 5.41) is 13.9. The number of aromatic nitrogens is 4. The molecule has 2 aliphatic rings. The third kappa shape index (κ3) is 3.86. The molecule has 37 heavy (non-hydrogen) atoms. The highest BCUT2D eigenvalue weighted by molar-refractivity contribution is 6.00. The van der Waals surface area contributed by atoms with Gasteiger partial charge in [0.05, 0.1) is 23.1 Å². The second kappa shape index (κ2) is 9.08. The number of aliphatic hydroxyl groups is 1. The molecule has 0 saturated carbocycles. The molecular weight excluding hydrogens is 468 g/mol. The molecule has 2 saturated heterocycles. The molecule has 3 aromatic heterocycles. The molecule has 9 heteroatoms. The summed E-state index contributed by atoms with van der Waals surface area (Å²) in [4.78, 5) is 36.6. The number of nitrogens with zero attached hydrogens (tertiary/aromatic N) is 5. The largest absolute Gasteiger partial charge is 0.387 e. The van der Waals surface area contributed by atoms with E-state index in [1.54, 1.807) is 12.4 Å². The lowest BCUT2D eigenvalue weighted by molar-refractivity contribution is -0.138. The smallest absolute Gasteiger partial charge is 0.248 e. The van der Waals surface area contributed by atoms with Gasteiger partial charge in [-0.25, -0.2) is 4.98 Å². The predicted molar refractivity (Wildman–Crippen MR) is 139 cm³/mol. The zero-order valence-electron chi connectivity index (χ0n) is 20.5. The van der Waals surface area contributed by atoms with Crippen molar-refractivity contribution in [2.24, 2.45) is 0 Å². The van der Waals surface area contributed by atoms with Gasteiger partial charge in [0.2, 0.25) is 5.91 Å². The second-order valence-electron chi connectivity index (χ2n) is 9.92. The molecule has 1 amide bonds. The normalized spacial score (nSPS) is 20.9. The fourth-order valence-corrected chi connectivity index (χ4v) is 6.11. The van der Waals surface area contributed by atoms with Crippen LogP contribution in [0.3, 0.4) is 0 Å². The Morgan fingerprint density at radius 2 is 1.76 bits per heavy atom. The SMILES string of the molecule is CC(=O)c1c([C@H]2C[C@H]3CC[C@@H](C2)N3C(=O)CO)nc2c(-c3ccc(-c4ccccc4)nc3)cnn2c1N. The Morgan fingerprint density at radius 1 is 1.03 bits per heavy atom. The maximum atomic E-state index is 12.8. The molecule has 3 N–H and O–H groups in total. The van der Waals surface area contributed by atoms with Crippen molar-refractivity contribution < 1.29 is 14.7 Å². The molecule has 2 aliphatic heterocycles. The van der Waals surface area contributed by atoms with Crippen molar-refractivity contribution in [2.45, 2.75) is 50.6 Å². The number of nitrogen functional groups attached to an aromatic ring is 1. The number of ketones is 1. The van der Waals surface area contributed by atoms with Gasteiger partial charge in [-0.2, -0.15) is 9.61 Å². The zero-order chi connectivity index (χ0) is 25.7. The molecule has 0 spiro atoms. The molecule has 188 valence electrons. The lowest BCUT2D eigenvalue weighted by atomic mass is 9.85. The van der Waals surface area contributed by atoms with E-state index in [9.17, 15) is 14.7 Å². The first-order chi connectivity index (χ1) is 18.0. The van der Waals surface area contributed by atoms with E-state index in [0.29, 0.717) is 29.7 Å². The number of pyridine rings is 1. The van der Waals surface area contributed by atoms with Crippen molar-refractivity contribution >= 4 is 23.2 Å². The monoisotopic (exact) mass is 496 g/mol. The number of amides is 1. The quantitative estimate of drug-likeness (QED) is 0.405. The molecule has 5 heterocycles. The van der Waals surface area contributed by atoms with Crippen LogP contribution < -0.4 is 5.73 Å². The highest BCUT2D eigenvalue weighted by Crippen LogP contribution is 2.44. The topological polar surface area (TPSA) is 127 Å². The summed E-state index contributed by atoms with van der Waals surface area (Å²) < 4.78 is 1.53. The van der Waals surface area contributed by atoms with E-state index in [1.165, 1.54) is 11.4 Å². The van der Waals surface area contributed by atoms with Crippen LogP contribution >= 0.6 is 0 Å². The van der Waals surface area contributed by atoms with Crippen molar-refractivity contribution in [1.29, 1.82) is 0 Å². The number of carbonyl (C=O) groups is 2. The van der Waals surface area contributed by atoms with Crippen LogP contribution in [0, 0.1) is 0 Å². The average molecular weight is 497 g/mol. The number of fused-ring (bicyclic) bond motifs is 3. The summed E-state index contributed by atoms with van der Waals surface area (Å²) >= 11 is 0. The fourth-order valence-electron chi connectivity index (χ4n) is 6.11. The minimum atomic E-state index is -0.482. The highest BCUT2D eigenvalue weighted by atomic mass is 16.3. The molecule has 0 unspecified atom stereocenters. The van der Waals surface area contributed by atoms with Gasteiger partial charge in [0.15, 0.2) is 11.4 Å². The van der Waals surface area contributed by atoms with Gasteiger partial charge in [0, 0.05) is 40.9 Å². The molecule has 0 aliphatic carbocycles. The van der Waals surface area contributed by atoms with E-state index in [2.05, 4.69) is 10.1 Å². The summed E-state index contributed by atoms with van der Waals surface area (Å²) in [6, 6.07) is 14.0. The summed E-state index contributed by atoms with van der Waals surface area (Å²) in [7, 11) is 0. The Labute approximate surface area is 214 Å². The van der Waals surface area contributed by atoms with Crippen molar-refractivity contribution in [3.8, 4) is 22.4 Å². The molecule has 9 nitrogen and oxygen atoms in total. The summed E-state index contributed by atoms with van der Waals surface area (Å²) in [6.07, 6.45) is 6.64. The zero-order valence-corrected chi connectivity index (χ0v) is 20.5. The third-order valence-electron chi connectivity index (χ3n) is 7.75. The van der Waals surface area contributed by atoms with Crippen LogP contribution in [-0.2, 0) is 4.79 Å². The van der Waals surface area contributed by atoms with E-state index < -0.39 is 6.61 Å². The van der Waals surface area contributed by atoms with Crippen LogP contribution in [0.4, 0.5) is 5.82 Å². The van der Waals surface area contributed by atoms with E-state index in [1.807, 2.05) is 47.4 Å². The van der Waals surface area contributed by atoms with Crippen LogP contribution in [0.15, 0.2) is 54.9 Å². The first-order valence-electron chi connectivity index (χ1n) is 12.6. The van der Waals surface area contributed by atoms with E-state index in [-0.39, 0.29) is 35.5 Å². The molecular formula is C28H28N6O3. The Bertz CT molecular complexity index is 1480. The van der Waals surface area contributed by atoms with Gasteiger partial charge in [-0.15, -0.1) is 0 Å². The molecule has 2 fully saturated rings. The minimum absolute atomic E-state index is 0.0206. The van der Waals surface area contributed by atoms with Gasteiger partial charge in [0.1, 0.15) is 12.4 Å². The number of aliphatic hydroxyl groups excluding tert-OH is 1. The van der Waals surface area contributed by atoms with Crippen LogP contribution in [0.1, 0.15) is 54.6 Å². The van der Waals surface area contributed by atoms with Gasteiger partial charge in [-0.05, 0) is 38.7 Å². The Kier molecular flexibility index (Phi) is 5.72. The number of Topliss-reactive ketones (excluding diaryl/α,β-unsaturated/α-hetero) is 1. The fraction of sp³-hybridized carbons (Fsp3) is 0.321. The molecule has 1 aromatic carbocycles. The third-order valence-corrected chi connectivity index (χ3v) is 7.75. The maximum absolute atomic E-state index is 12.8. The molecule has 6 rings (SSSR count). The maximum Gasteiger partial charge on any atom is 0.248 e. The Balaban J connectivity index is 1.41. The van der Waals surface area contributed by atoms with E-state index in [0.717, 1.165) is 35.2 Å². The van der Waals surface area contributed by atoms with Crippen LogP contribution in [0.25, 0.3) is 28.0 Å². The molecule has 3 atom stereocenters. The predicted octanol–water partition coefficient (Wildman–Crippen LogP) is 3.47. The summed E-state index contributed by atoms with van der Waals surface area (Å²) in [5.41, 5.74) is 11.7. The highest BCUT2D eigenvalue weighted by Gasteiger charge is 2.44. The second-order valence-corrected chi connectivity index (χ2v) is 9.92. The standard InChI is InChI=1S/C28H28N6O3/c1-16(36)25-26(19-11-20-8-9-21(12-19)33(20)24(37)15-35)32-28-22(14-31-34(28)27(25)29)18-7-10-23(30-13-18)17-5-3-2-4-6-17/h2-7,10,13-14,19-21,35H,8-9,11-12,15,29H2,1H3/t19-,20+,21-. The lowest BCUT2D eigenvalue weighted by Gasteiger charge is -2.39. The lowest BCUT2D eigenvalue weighted by Crippen LogP contribution is -2.47. The number of hydrogen-bond acceptors (Lipinski definition) is 7. The van der Waals surface area contributed by atoms with Crippen LogP contribution in [-0.4, -0.2) is 60.0 Å². The van der Waals surface area contributed by atoms with Crippen LogP contribution in [0.5, 0.6) is 0 Å². The van der Waals surface area contributed by atoms with Crippen LogP contribution in [0.2, 0.25) is 0 Å². The van der Waals surface area contributed by atoms with Gasteiger partial charge in [-0.1, -0.05) is 36.4 Å². The van der Waals surface area contributed by atoms with Crippen molar-refractivity contribution in [3.05, 3.63) is 66.1 Å². The Hall–Kier alpha value is -4.11. The number of piperidine rings is 1. The van der Waals surface area contributed by atoms with E-state index in [4.69, 9.17) is 10.7 Å². The molecule has 4 aromatic rings. The average Bonchev–Trinajstić information content (AvgIpc) is 3.46. The van der Waals surface area contributed by atoms with Crippen molar-refractivity contribution in [3.63, 3.8) is 0 Å². The summed E-state index contributed by atoms with van der Waals surface area (Å²) in [5.74, 6) is -0.138. The van der Waals surface area contributed by atoms with E-state index >= 15 is 0 Å². The number of rotatable bonds is 5. The Morgan fingerprint density at radius 3 is 2.38 bits per heavy atom. The summed E-state index contributed by atoms with van der Waals surface area (Å²) in [6.45, 7) is 1.02. The van der Waals surface area contributed by atoms with Crippen molar-refractivity contribution in [2.75, 3.05) is 12.3 Å². The number of carbonyl (C=O) groups excluding carboxylic acids is 2. The number of anilines is 1. The number of nitrogens with two attached hydrogens (primary N) is 1. The minimum Gasteiger partial charge on any atom is -0.387 e.